The number of benzene rings is 1. The first-order chi connectivity index (χ1) is 7.01. The zero-order valence-electron chi connectivity index (χ0n) is 9.60. The maximum absolute atomic E-state index is 10.7. The molecule has 0 spiro atoms. The maximum atomic E-state index is 10.7. The minimum absolute atomic E-state index is 0.620. The molecule has 0 aliphatic rings. The van der Waals surface area contributed by atoms with Crippen LogP contribution in [0.1, 0.15) is 5.56 Å². The van der Waals surface area contributed by atoms with E-state index in [1.54, 1.807) is 5.01 Å². The summed E-state index contributed by atoms with van der Waals surface area (Å²) in [6, 6.07) is 9.96. The summed E-state index contributed by atoms with van der Waals surface area (Å²) in [4.78, 5) is 10.7. The summed E-state index contributed by atoms with van der Waals surface area (Å²) in [6.45, 7) is 7.32. The molecule has 0 N–H and O–H groups in total. The van der Waals surface area contributed by atoms with E-state index in [-0.39, 0.29) is 0 Å². The Morgan fingerprint density at radius 1 is 1.20 bits per heavy atom. The van der Waals surface area contributed by atoms with Crippen LogP contribution in [0.25, 0.3) is 0 Å². The van der Waals surface area contributed by atoms with Gasteiger partial charge in [-0.05, 0) is 5.56 Å². The molecule has 1 rings (SSSR count). The van der Waals surface area contributed by atoms with Gasteiger partial charge in [0.25, 0.3) is 0 Å². The maximum Gasteiger partial charge on any atom is 0.0689 e. The summed E-state index contributed by atoms with van der Waals surface area (Å²) in [5, 5.41) is 4.71. The summed E-state index contributed by atoms with van der Waals surface area (Å²) in [6.07, 6.45) is 0.811. The van der Waals surface area contributed by atoms with Crippen LogP contribution in [0.4, 0.5) is 0 Å². The number of hydrogen-bond acceptors (Lipinski definition) is 2. The van der Waals surface area contributed by atoms with Crippen molar-refractivity contribution in [1.29, 1.82) is 0 Å². The molecule has 0 amide bonds. The van der Waals surface area contributed by atoms with Gasteiger partial charge in [-0.15, -0.1) is 4.91 Å². The molecule has 0 saturated carbocycles. The van der Waals surface area contributed by atoms with E-state index in [0.717, 1.165) is 11.7 Å². The summed E-state index contributed by atoms with van der Waals surface area (Å²) >= 11 is 0. The fourth-order valence-electron chi connectivity index (χ4n) is 1.46. The molecule has 0 heterocycles. The lowest BCUT2D eigenvalue weighted by Gasteiger charge is -2.23. The van der Waals surface area contributed by atoms with Gasteiger partial charge in [-0.3, -0.25) is 5.01 Å². The molecule has 0 radical (unpaired) electrons. The second-order valence-electron chi connectivity index (χ2n) is 4.95. The molecule has 82 valence electrons. The fourth-order valence-corrected chi connectivity index (χ4v) is 2.72. The Bertz CT molecular complexity index is 308. The van der Waals surface area contributed by atoms with Gasteiger partial charge in [0.2, 0.25) is 0 Å². The highest BCUT2D eigenvalue weighted by Gasteiger charge is 2.18. The van der Waals surface area contributed by atoms with Crippen molar-refractivity contribution in [2.45, 2.75) is 26.2 Å². The smallest absolute Gasteiger partial charge is 0.0689 e. The minimum Gasteiger partial charge on any atom is -0.259 e. The number of nitroso groups, excluding NO2 is 1. The van der Waals surface area contributed by atoms with E-state index in [2.05, 4.69) is 24.9 Å². The third-order valence-electron chi connectivity index (χ3n) is 1.98. The Labute approximate surface area is 92.1 Å². The second kappa shape index (κ2) is 5.07. The molecule has 0 bridgehead atoms. The molecule has 1 aromatic rings. The van der Waals surface area contributed by atoms with Crippen molar-refractivity contribution in [2.75, 3.05) is 6.17 Å². The number of nitrogens with zero attached hydrogens (tertiary/aromatic N) is 2. The fraction of sp³-hybridized carbons (Fsp3) is 0.455. The third kappa shape index (κ3) is 4.74. The third-order valence-corrected chi connectivity index (χ3v) is 3.29. The molecular formula is C11H18N2OSi. The van der Waals surface area contributed by atoms with Gasteiger partial charge in [-0.2, -0.15) is 0 Å². The zero-order chi connectivity index (χ0) is 11.3. The lowest BCUT2D eigenvalue weighted by atomic mass is 10.2. The predicted octanol–water partition coefficient (Wildman–Crippen LogP) is 3.05. The first-order valence-corrected chi connectivity index (χ1v) is 8.84. The Kier molecular flexibility index (Phi) is 4.02. The Morgan fingerprint density at radius 3 is 2.27 bits per heavy atom. The van der Waals surface area contributed by atoms with Crippen LogP contribution in [0.2, 0.25) is 19.6 Å². The van der Waals surface area contributed by atoms with Gasteiger partial charge in [0.1, 0.15) is 0 Å². The number of rotatable bonds is 5. The summed E-state index contributed by atoms with van der Waals surface area (Å²) in [7, 11) is -1.26. The molecule has 15 heavy (non-hydrogen) atoms. The van der Waals surface area contributed by atoms with E-state index < -0.39 is 8.07 Å². The van der Waals surface area contributed by atoms with Gasteiger partial charge < -0.3 is 0 Å². The van der Waals surface area contributed by atoms with Crippen LogP contribution in [0.3, 0.4) is 0 Å². The highest BCUT2D eigenvalue weighted by Crippen LogP contribution is 2.09. The predicted molar refractivity (Wildman–Crippen MR) is 66.0 cm³/mol. The summed E-state index contributed by atoms with van der Waals surface area (Å²) in [5.74, 6) is 0. The van der Waals surface area contributed by atoms with Crippen molar-refractivity contribution >= 4 is 8.07 Å². The van der Waals surface area contributed by atoms with E-state index in [1.807, 2.05) is 30.3 Å². The van der Waals surface area contributed by atoms with E-state index in [0.29, 0.717) is 6.54 Å². The Balaban J connectivity index is 2.59. The zero-order valence-corrected chi connectivity index (χ0v) is 10.6. The molecule has 0 saturated heterocycles. The van der Waals surface area contributed by atoms with Gasteiger partial charge >= 0.3 is 0 Å². The van der Waals surface area contributed by atoms with E-state index in [4.69, 9.17) is 0 Å². The SMILES string of the molecule is C[Si](C)(C)CN(Cc1ccccc1)N=O. The lowest BCUT2D eigenvalue weighted by molar-refractivity contribution is 0.317. The van der Waals surface area contributed by atoms with Crippen LogP contribution >= 0.6 is 0 Å². The van der Waals surface area contributed by atoms with Gasteiger partial charge in [-0.25, -0.2) is 0 Å². The molecule has 1 aromatic carbocycles. The molecule has 0 aromatic heterocycles. The lowest BCUT2D eigenvalue weighted by Crippen LogP contribution is -2.36. The van der Waals surface area contributed by atoms with E-state index in [1.165, 1.54) is 0 Å². The normalized spacial score (nSPS) is 11.1. The first-order valence-electron chi connectivity index (χ1n) is 5.13. The average molecular weight is 222 g/mol. The standard InChI is InChI=1S/C11H18N2OSi/c1-15(2,3)10-13(12-14)9-11-7-5-4-6-8-11/h4-8H,9-10H2,1-3H3. The van der Waals surface area contributed by atoms with E-state index >= 15 is 0 Å². The van der Waals surface area contributed by atoms with Crippen LogP contribution in [-0.2, 0) is 6.54 Å². The van der Waals surface area contributed by atoms with Crippen molar-refractivity contribution in [3.63, 3.8) is 0 Å². The largest absolute Gasteiger partial charge is 0.259 e. The van der Waals surface area contributed by atoms with Crippen molar-refractivity contribution in [2.24, 2.45) is 5.29 Å². The Hall–Kier alpha value is -1.16. The van der Waals surface area contributed by atoms with Crippen LogP contribution in [0.5, 0.6) is 0 Å². The van der Waals surface area contributed by atoms with Gasteiger partial charge in [0.05, 0.1) is 19.9 Å². The van der Waals surface area contributed by atoms with E-state index in [9.17, 15) is 4.91 Å². The molecule has 0 aliphatic carbocycles. The van der Waals surface area contributed by atoms with Crippen molar-refractivity contribution in [1.82, 2.24) is 5.01 Å². The monoisotopic (exact) mass is 222 g/mol. The van der Waals surface area contributed by atoms with Crippen LogP contribution < -0.4 is 0 Å². The van der Waals surface area contributed by atoms with Crippen molar-refractivity contribution in [3.8, 4) is 0 Å². The van der Waals surface area contributed by atoms with Gasteiger partial charge in [0, 0.05) is 6.17 Å². The molecular weight excluding hydrogens is 204 g/mol. The molecule has 0 atom stereocenters. The summed E-state index contributed by atoms with van der Waals surface area (Å²) in [5.41, 5.74) is 1.13. The molecule has 0 unspecified atom stereocenters. The highest BCUT2D eigenvalue weighted by atomic mass is 28.3. The molecule has 0 fully saturated rings. The molecule has 0 aliphatic heterocycles. The van der Waals surface area contributed by atoms with Gasteiger partial charge in [-0.1, -0.05) is 50.0 Å². The first kappa shape index (κ1) is 11.9. The minimum atomic E-state index is -1.26. The Morgan fingerprint density at radius 2 is 1.80 bits per heavy atom. The van der Waals surface area contributed by atoms with Gasteiger partial charge in [0.15, 0.2) is 0 Å². The summed E-state index contributed by atoms with van der Waals surface area (Å²) < 4.78 is 0. The number of hydrogen-bond donors (Lipinski definition) is 0. The molecule has 3 nitrogen and oxygen atoms in total. The van der Waals surface area contributed by atoms with Crippen molar-refractivity contribution < 1.29 is 0 Å². The quantitative estimate of drug-likeness (QED) is 0.436. The van der Waals surface area contributed by atoms with Crippen LogP contribution in [0, 0.1) is 4.91 Å². The molecule has 4 heteroatoms. The van der Waals surface area contributed by atoms with Crippen molar-refractivity contribution in [3.05, 3.63) is 40.8 Å². The van der Waals surface area contributed by atoms with Crippen LogP contribution in [-0.4, -0.2) is 19.3 Å². The second-order valence-corrected chi connectivity index (χ2v) is 10.4. The average Bonchev–Trinajstić information content (AvgIpc) is 2.16. The highest BCUT2D eigenvalue weighted by molar-refractivity contribution is 6.76. The topological polar surface area (TPSA) is 32.7 Å². The van der Waals surface area contributed by atoms with Crippen LogP contribution in [0.15, 0.2) is 35.6 Å².